The fourth-order valence-electron chi connectivity index (χ4n) is 3.31. The summed E-state index contributed by atoms with van der Waals surface area (Å²) in [4.78, 5) is 18.3. The summed E-state index contributed by atoms with van der Waals surface area (Å²) in [5.74, 6) is 0.494. The summed E-state index contributed by atoms with van der Waals surface area (Å²) >= 11 is 0. The Balaban J connectivity index is 1.58. The lowest BCUT2D eigenvalue weighted by Gasteiger charge is -2.25. The number of rotatable bonds is 3. The van der Waals surface area contributed by atoms with Crippen molar-refractivity contribution in [2.45, 2.75) is 25.3 Å². The number of hydrogen-bond acceptors (Lipinski definition) is 4. The first-order chi connectivity index (χ1) is 10.6. The zero-order valence-corrected chi connectivity index (χ0v) is 13.3. The maximum Gasteiger partial charge on any atom is 0.317 e. The largest absolute Gasteiger partial charge is 0.338 e. The zero-order chi connectivity index (χ0) is 15.6. The Morgan fingerprint density at radius 2 is 2.09 bits per heavy atom. The van der Waals surface area contributed by atoms with Crippen molar-refractivity contribution in [2.75, 3.05) is 24.6 Å². The van der Waals surface area contributed by atoms with Crippen molar-refractivity contribution in [3.05, 3.63) is 30.1 Å². The lowest BCUT2D eigenvalue weighted by molar-refractivity contribution is 0.191. The Morgan fingerprint density at radius 1 is 1.32 bits per heavy atom. The molecule has 120 valence electrons. The summed E-state index contributed by atoms with van der Waals surface area (Å²) in [6.45, 7) is 1.18. The molecule has 0 spiro atoms. The van der Waals surface area contributed by atoms with Gasteiger partial charge in [-0.2, -0.15) is 0 Å². The normalized spacial score (nSPS) is 27.0. The number of nitrogens with one attached hydrogen (secondary N) is 1. The molecular weight excluding hydrogens is 302 g/mol. The van der Waals surface area contributed by atoms with Gasteiger partial charge in [-0.15, -0.1) is 0 Å². The van der Waals surface area contributed by atoms with Crippen LogP contribution in [0.5, 0.6) is 0 Å². The molecule has 0 aliphatic carbocycles. The second-order valence-electron chi connectivity index (χ2n) is 6.09. The van der Waals surface area contributed by atoms with E-state index in [1.54, 1.807) is 12.4 Å². The molecule has 0 radical (unpaired) electrons. The van der Waals surface area contributed by atoms with Crippen LogP contribution in [0.2, 0.25) is 0 Å². The van der Waals surface area contributed by atoms with Crippen molar-refractivity contribution < 1.29 is 13.2 Å². The van der Waals surface area contributed by atoms with Crippen LogP contribution in [-0.2, 0) is 9.84 Å². The molecule has 0 saturated carbocycles. The molecular formula is C15H21N3O3S. The van der Waals surface area contributed by atoms with Gasteiger partial charge < -0.3 is 10.2 Å². The molecule has 6 nitrogen and oxygen atoms in total. The first-order valence-electron chi connectivity index (χ1n) is 7.70. The minimum absolute atomic E-state index is 0.0518. The number of carbonyl (C=O) groups is 1. The smallest absolute Gasteiger partial charge is 0.317 e. The lowest BCUT2D eigenvalue weighted by atomic mass is 10.1. The van der Waals surface area contributed by atoms with Gasteiger partial charge in [0.1, 0.15) is 0 Å². The van der Waals surface area contributed by atoms with Gasteiger partial charge in [-0.1, -0.05) is 0 Å². The highest BCUT2D eigenvalue weighted by Gasteiger charge is 2.32. The van der Waals surface area contributed by atoms with E-state index in [2.05, 4.69) is 10.3 Å². The fraction of sp³-hybridized carbons (Fsp3) is 0.600. The highest BCUT2D eigenvalue weighted by molar-refractivity contribution is 7.91. The minimum Gasteiger partial charge on any atom is -0.338 e. The molecule has 22 heavy (non-hydrogen) atoms. The predicted octanol–water partition coefficient (Wildman–Crippen LogP) is 1.36. The van der Waals surface area contributed by atoms with Crippen molar-refractivity contribution in [3.8, 4) is 0 Å². The Morgan fingerprint density at radius 3 is 2.77 bits per heavy atom. The quantitative estimate of drug-likeness (QED) is 0.911. The van der Waals surface area contributed by atoms with Gasteiger partial charge in [0.15, 0.2) is 9.84 Å². The Labute approximate surface area is 130 Å². The third kappa shape index (κ3) is 3.40. The number of hydrogen-bond donors (Lipinski definition) is 1. The summed E-state index contributed by atoms with van der Waals surface area (Å²) in [5, 5.41) is 2.91. The highest BCUT2D eigenvalue weighted by atomic mass is 32.2. The average Bonchev–Trinajstić information content (AvgIpc) is 3.12. The molecule has 2 saturated heterocycles. The third-order valence-corrected chi connectivity index (χ3v) is 6.31. The van der Waals surface area contributed by atoms with Crippen LogP contribution in [0, 0.1) is 5.92 Å². The molecule has 0 aromatic carbocycles. The van der Waals surface area contributed by atoms with Gasteiger partial charge in [-0.25, -0.2) is 13.2 Å². The molecule has 1 aromatic rings. The van der Waals surface area contributed by atoms with E-state index in [0.29, 0.717) is 13.0 Å². The number of nitrogens with zero attached hydrogens (tertiary/aromatic N) is 2. The average molecular weight is 323 g/mol. The van der Waals surface area contributed by atoms with Gasteiger partial charge in [-0.05, 0) is 42.9 Å². The van der Waals surface area contributed by atoms with Gasteiger partial charge in [0.25, 0.3) is 0 Å². The molecule has 1 N–H and O–H groups in total. The van der Waals surface area contributed by atoms with Gasteiger partial charge in [0, 0.05) is 25.5 Å². The molecule has 3 heterocycles. The van der Waals surface area contributed by atoms with Crippen molar-refractivity contribution in [1.82, 2.24) is 15.2 Å². The summed E-state index contributed by atoms with van der Waals surface area (Å²) in [5.41, 5.74) is 1.10. The topological polar surface area (TPSA) is 79.4 Å². The summed E-state index contributed by atoms with van der Waals surface area (Å²) in [6, 6.07) is 3.89. The van der Waals surface area contributed by atoms with Crippen LogP contribution in [0.15, 0.2) is 24.5 Å². The van der Waals surface area contributed by atoms with Crippen LogP contribution in [0.4, 0.5) is 4.79 Å². The van der Waals surface area contributed by atoms with E-state index >= 15 is 0 Å². The van der Waals surface area contributed by atoms with Crippen molar-refractivity contribution in [2.24, 2.45) is 5.92 Å². The molecule has 2 amide bonds. The monoisotopic (exact) mass is 323 g/mol. The van der Waals surface area contributed by atoms with Crippen LogP contribution in [-0.4, -0.2) is 48.9 Å². The molecule has 1 aromatic heterocycles. The molecule has 3 rings (SSSR count). The van der Waals surface area contributed by atoms with Gasteiger partial charge >= 0.3 is 6.03 Å². The van der Waals surface area contributed by atoms with Gasteiger partial charge in [-0.3, -0.25) is 4.98 Å². The molecule has 2 fully saturated rings. The van der Waals surface area contributed by atoms with Gasteiger partial charge in [0.05, 0.1) is 17.5 Å². The lowest BCUT2D eigenvalue weighted by Crippen LogP contribution is -2.41. The SMILES string of the molecule is O=C(NC[C@@H]1CCS(=O)(=O)C1)N1CCC[C@H]1c1ccncc1. The van der Waals surface area contributed by atoms with Crippen LogP contribution >= 0.6 is 0 Å². The highest BCUT2D eigenvalue weighted by Crippen LogP contribution is 2.31. The fourth-order valence-corrected chi connectivity index (χ4v) is 5.17. The zero-order valence-electron chi connectivity index (χ0n) is 12.4. The summed E-state index contributed by atoms with van der Waals surface area (Å²) in [7, 11) is -2.89. The number of aromatic nitrogens is 1. The second kappa shape index (κ2) is 6.24. The molecule has 2 aliphatic rings. The summed E-state index contributed by atoms with van der Waals surface area (Å²) in [6.07, 6.45) is 6.07. The van der Waals surface area contributed by atoms with Crippen LogP contribution < -0.4 is 5.32 Å². The molecule has 2 aliphatic heterocycles. The van der Waals surface area contributed by atoms with Crippen molar-refractivity contribution >= 4 is 15.9 Å². The molecule has 2 atom stereocenters. The van der Waals surface area contributed by atoms with E-state index in [1.807, 2.05) is 17.0 Å². The van der Waals surface area contributed by atoms with E-state index in [1.165, 1.54) is 0 Å². The third-order valence-electron chi connectivity index (χ3n) is 4.47. The number of urea groups is 1. The van der Waals surface area contributed by atoms with Crippen molar-refractivity contribution in [3.63, 3.8) is 0 Å². The van der Waals surface area contributed by atoms with Crippen LogP contribution in [0.1, 0.15) is 30.9 Å². The van der Waals surface area contributed by atoms with E-state index in [0.717, 1.165) is 24.9 Å². The van der Waals surface area contributed by atoms with E-state index in [9.17, 15) is 13.2 Å². The van der Waals surface area contributed by atoms with Gasteiger partial charge in [0.2, 0.25) is 0 Å². The first-order valence-corrected chi connectivity index (χ1v) is 9.52. The molecule has 7 heteroatoms. The number of pyridine rings is 1. The molecule has 0 unspecified atom stereocenters. The number of carbonyl (C=O) groups excluding carboxylic acids is 1. The maximum atomic E-state index is 12.4. The Bertz CT molecular complexity index is 633. The van der Waals surface area contributed by atoms with E-state index in [4.69, 9.17) is 0 Å². The number of amides is 2. The minimum atomic E-state index is -2.89. The van der Waals surface area contributed by atoms with Crippen molar-refractivity contribution in [1.29, 1.82) is 0 Å². The predicted molar refractivity (Wildman–Crippen MR) is 83.1 cm³/mol. The standard InChI is InChI=1S/C15H21N3O3S/c19-15(17-10-12-5-9-22(20,21)11-12)18-8-1-2-14(18)13-3-6-16-7-4-13/h3-4,6-7,12,14H,1-2,5,8-11H2,(H,17,19)/t12-,14-/m0/s1. The Kier molecular flexibility index (Phi) is 4.33. The maximum absolute atomic E-state index is 12.4. The van der Waals surface area contributed by atoms with Crippen LogP contribution in [0.25, 0.3) is 0 Å². The molecule has 0 bridgehead atoms. The first kappa shape index (κ1) is 15.3. The second-order valence-corrected chi connectivity index (χ2v) is 8.32. The summed E-state index contributed by atoms with van der Waals surface area (Å²) < 4.78 is 22.9. The number of sulfone groups is 1. The number of likely N-dealkylation sites (tertiary alicyclic amines) is 1. The van der Waals surface area contributed by atoms with E-state index in [-0.39, 0.29) is 29.5 Å². The van der Waals surface area contributed by atoms with E-state index < -0.39 is 9.84 Å². The van der Waals surface area contributed by atoms with Crippen LogP contribution in [0.3, 0.4) is 0 Å². The Hall–Kier alpha value is -1.63.